The molecule has 0 saturated heterocycles. The summed E-state index contributed by atoms with van der Waals surface area (Å²) < 4.78 is 5.37. The predicted molar refractivity (Wildman–Crippen MR) is 140 cm³/mol. The highest BCUT2D eigenvalue weighted by atomic mass is 16.5. The van der Waals surface area contributed by atoms with Crippen LogP contribution in [0.2, 0.25) is 0 Å². The number of allylic oxidation sites excluding steroid dienone is 2. The molecular weight excluding hydrogens is 432 g/mol. The van der Waals surface area contributed by atoms with Crippen molar-refractivity contribution in [3.8, 4) is 0 Å². The Hall–Kier alpha value is -0.500. The van der Waals surface area contributed by atoms with Crippen molar-refractivity contribution in [1.29, 1.82) is 0 Å². The Morgan fingerprint density at radius 1 is 0.735 bits per heavy atom. The second kappa shape index (κ2) is 20.7. The van der Waals surface area contributed by atoms with Crippen molar-refractivity contribution in [2.45, 2.75) is 130 Å². The molecule has 6 nitrogen and oxygen atoms in total. The predicted octanol–water partition coefficient (Wildman–Crippen LogP) is 4.60. The van der Waals surface area contributed by atoms with Crippen LogP contribution in [0.1, 0.15) is 105 Å². The van der Waals surface area contributed by atoms with Gasteiger partial charge in [0.2, 0.25) is 0 Å². The third kappa shape index (κ3) is 17.9. The van der Waals surface area contributed by atoms with Gasteiger partial charge in [0, 0.05) is 6.61 Å². The molecule has 0 aromatic heterocycles. The summed E-state index contributed by atoms with van der Waals surface area (Å²) in [7, 11) is 0. The summed E-state index contributed by atoms with van der Waals surface area (Å²) in [5.74, 6) is 2.48. The highest BCUT2D eigenvalue weighted by Crippen LogP contribution is 2.22. The Bertz CT molecular complexity index is 495. The van der Waals surface area contributed by atoms with Crippen molar-refractivity contribution < 1.29 is 30.3 Å². The van der Waals surface area contributed by atoms with Gasteiger partial charge < -0.3 is 30.3 Å². The lowest BCUT2D eigenvalue weighted by molar-refractivity contribution is -0.129. The van der Waals surface area contributed by atoms with E-state index in [1.165, 1.54) is 56.9 Å². The van der Waals surface area contributed by atoms with E-state index in [4.69, 9.17) is 9.84 Å². The van der Waals surface area contributed by atoms with E-state index in [2.05, 4.69) is 40.7 Å². The second-order valence-corrected chi connectivity index (χ2v) is 10.9. The Morgan fingerprint density at radius 2 is 1.26 bits per heavy atom. The molecule has 0 rings (SSSR count). The first kappa shape index (κ1) is 33.5. The van der Waals surface area contributed by atoms with Crippen LogP contribution in [-0.4, -0.2) is 69.8 Å². The molecule has 0 radical (unpaired) electrons. The summed E-state index contributed by atoms with van der Waals surface area (Å²) in [6.07, 6.45) is 9.80. The minimum Gasteiger partial charge on any atom is -0.394 e. The molecule has 0 heterocycles. The molecule has 0 saturated carbocycles. The van der Waals surface area contributed by atoms with Crippen molar-refractivity contribution in [3.63, 3.8) is 0 Å². The Balaban J connectivity index is 3.78. The second-order valence-electron chi connectivity index (χ2n) is 10.9. The molecule has 0 aromatic rings. The zero-order chi connectivity index (χ0) is 25.9. The van der Waals surface area contributed by atoms with Crippen molar-refractivity contribution in [3.05, 3.63) is 11.6 Å². The van der Waals surface area contributed by atoms with Crippen molar-refractivity contribution in [1.82, 2.24) is 0 Å². The van der Waals surface area contributed by atoms with Gasteiger partial charge in [-0.05, 0) is 50.4 Å². The number of aliphatic hydroxyl groups is 5. The van der Waals surface area contributed by atoms with Crippen LogP contribution in [0.15, 0.2) is 11.6 Å². The van der Waals surface area contributed by atoms with Crippen molar-refractivity contribution >= 4 is 0 Å². The van der Waals surface area contributed by atoms with Gasteiger partial charge in [-0.25, -0.2) is 0 Å². The number of aliphatic hydroxyl groups excluding tert-OH is 5. The lowest BCUT2D eigenvalue weighted by Crippen LogP contribution is -2.47. The minimum atomic E-state index is -1.61. The van der Waals surface area contributed by atoms with Gasteiger partial charge in [0.15, 0.2) is 0 Å². The van der Waals surface area contributed by atoms with E-state index in [-0.39, 0.29) is 6.61 Å². The first-order valence-corrected chi connectivity index (χ1v) is 13.6. The van der Waals surface area contributed by atoms with Gasteiger partial charge in [-0.1, -0.05) is 84.3 Å². The Morgan fingerprint density at radius 3 is 1.82 bits per heavy atom. The van der Waals surface area contributed by atoms with Gasteiger partial charge in [-0.3, -0.25) is 0 Å². The van der Waals surface area contributed by atoms with Crippen LogP contribution in [0.3, 0.4) is 0 Å². The number of hydrogen-bond donors (Lipinski definition) is 5. The standard InChI is InChI=1S/C28H56O6/c1-21(2)11-8-13-23(4)15-10-17-24(5)16-9-14-22(3)12-6-7-18-34-20-26(31)28(33)27(32)25(30)19-29/h12,21,23-33H,6-11,13-20H2,1-5H3/t23?,24?,25-,26-,27-,28-/m0/s1. The van der Waals surface area contributed by atoms with Crippen molar-refractivity contribution in [2.75, 3.05) is 19.8 Å². The lowest BCUT2D eigenvalue weighted by atomic mass is 9.91. The average Bonchev–Trinajstić information content (AvgIpc) is 2.79. The largest absolute Gasteiger partial charge is 0.394 e. The molecular formula is C28H56O6. The van der Waals surface area contributed by atoms with Crippen LogP contribution in [0, 0.1) is 17.8 Å². The molecule has 0 aliphatic heterocycles. The van der Waals surface area contributed by atoms with Crippen LogP contribution < -0.4 is 0 Å². The lowest BCUT2D eigenvalue weighted by Gasteiger charge is -2.25. The van der Waals surface area contributed by atoms with E-state index < -0.39 is 31.0 Å². The molecule has 0 aromatic carbocycles. The topological polar surface area (TPSA) is 110 Å². The molecule has 0 bridgehead atoms. The SMILES string of the molecule is CC(=CCCCOC[C@H](O)[C@H](O)[C@@H](O)[C@@H](O)CO)CCCC(C)CCCC(C)CCCC(C)C. The minimum absolute atomic E-state index is 0.131. The number of unbranched alkanes of at least 4 members (excludes halogenated alkanes) is 1. The summed E-state index contributed by atoms with van der Waals surface area (Å²) in [5.41, 5.74) is 1.41. The fourth-order valence-electron chi connectivity index (χ4n) is 4.21. The van der Waals surface area contributed by atoms with E-state index in [1.54, 1.807) is 0 Å². The third-order valence-electron chi connectivity index (χ3n) is 6.74. The Kier molecular flexibility index (Phi) is 20.4. The molecule has 0 aliphatic rings. The van der Waals surface area contributed by atoms with Crippen LogP contribution in [0.4, 0.5) is 0 Å². The number of hydrogen-bond acceptors (Lipinski definition) is 6. The van der Waals surface area contributed by atoms with E-state index >= 15 is 0 Å². The van der Waals surface area contributed by atoms with Crippen LogP contribution in [-0.2, 0) is 4.74 Å². The monoisotopic (exact) mass is 488 g/mol. The van der Waals surface area contributed by atoms with Gasteiger partial charge in [0.25, 0.3) is 0 Å². The zero-order valence-corrected chi connectivity index (χ0v) is 22.7. The summed E-state index contributed by atoms with van der Waals surface area (Å²) in [6.45, 7) is 11.2. The molecule has 5 N–H and O–H groups in total. The molecule has 2 unspecified atom stereocenters. The fourth-order valence-corrected chi connectivity index (χ4v) is 4.21. The maximum absolute atomic E-state index is 9.81. The van der Waals surface area contributed by atoms with Gasteiger partial charge in [0.05, 0.1) is 13.2 Å². The van der Waals surface area contributed by atoms with E-state index in [1.807, 2.05) is 0 Å². The number of rotatable bonds is 22. The van der Waals surface area contributed by atoms with Gasteiger partial charge >= 0.3 is 0 Å². The third-order valence-corrected chi connectivity index (χ3v) is 6.74. The van der Waals surface area contributed by atoms with Crippen LogP contribution in [0.5, 0.6) is 0 Å². The van der Waals surface area contributed by atoms with Gasteiger partial charge in [-0.2, -0.15) is 0 Å². The first-order chi connectivity index (χ1) is 16.1. The van der Waals surface area contributed by atoms with Crippen molar-refractivity contribution in [2.24, 2.45) is 17.8 Å². The van der Waals surface area contributed by atoms with Crippen LogP contribution in [0.25, 0.3) is 0 Å². The summed E-state index contributed by atoms with van der Waals surface area (Å²) >= 11 is 0. The maximum atomic E-state index is 9.81. The smallest absolute Gasteiger partial charge is 0.111 e. The highest BCUT2D eigenvalue weighted by molar-refractivity contribution is 4.97. The fraction of sp³-hybridized carbons (Fsp3) is 0.929. The van der Waals surface area contributed by atoms with E-state index in [0.717, 1.165) is 37.0 Å². The summed E-state index contributed by atoms with van der Waals surface area (Å²) in [4.78, 5) is 0. The van der Waals surface area contributed by atoms with Gasteiger partial charge in [0.1, 0.15) is 24.4 Å². The normalized spacial score (nSPS) is 18.0. The molecule has 0 spiro atoms. The highest BCUT2D eigenvalue weighted by Gasteiger charge is 2.29. The van der Waals surface area contributed by atoms with Crippen LogP contribution >= 0.6 is 0 Å². The molecule has 0 aliphatic carbocycles. The van der Waals surface area contributed by atoms with E-state index in [9.17, 15) is 20.4 Å². The molecule has 34 heavy (non-hydrogen) atoms. The summed E-state index contributed by atoms with van der Waals surface area (Å²) in [6, 6.07) is 0. The average molecular weight is 489 g/mol. The zero-order valence-electron chi connectivity index (χ0n) is 22.7. The quantitative estimate of drug-likeness (QED) is 0.112. The first-order valence-electron chi connectivity index (χ1n) is 13.6. The molecule has 0 fully saturated rings. The number of ether oxygens (including phenoxy) is 1. The summed E-state index contributed by atoms with van der Waals surface area (Å²) in [5, 5.41) is 47.2. The molecule has 6 heteroatoms. The molecule has 0 amide bonds. The van der Waals surface area contributed by atoms with E-state index in [0.29, 0.717) is 6.61 Å². The molecule has 204 valence electrons. The maximum Gasteiger partial charge on any atom is 0.111 e. The van der Waals surface area contributed by atoms with Gasteiger partial charge in [-0.15, -0.1) is 0 Å². The molecule has 6 atom stereocenters. The Labute approximate surface area is 209 Å².